The number of fused-ring (bicyclic) bond motifs is 1. The van der Waals surface area contributed by atoms with Crippen molar-refractivity contribution < 1.29 is 0 Å². The number of hydrogen-bond acceptors (Lipinski definition) is 6. The van der Waals surface area contributed by atoms with Gasteiger partial charge >= 0.3 is 0 Å². The molecule has 0 aliphatic heterocycles. The number of aromatic nitrogens is 3. The maximum atomic E-state index is 4.43. The quantitative estimate of drug-likeness (QED) is 0.744. The number of halogens is 1. The van der Waals surface area contributed by atoms with Crippen molar-refractivity contribution >= 4 is 54.9 Å². The Kier molecular flexibility index (Phi) is 3.79. The second-order valence-electron chi connectivity index (χ2n) is 4.08. The van der Waals surface area contributed by atoms with Gasteiger partial charge in [0, 0.05) is 18.4 Å². The van der Waals surface area contributed by atoms with Gasteiger partial charge in [-0.3, -0.25) is 0 Å². The van der Waals surface area contributed by atoms with Crippen LogP contribution in [0.2, 0.25) is 0 Å². The molecule has 7 heteroatoms. The van der Waals surface area contributed by atoms with Crippen LogP contribution < -0.4 is 10.6 Å². The van der Waals surface area contributed by atoms with E-state index in [1.54, 1.807) is 17.5 Å². The first-order chi connectivity index (χ1) is 9.76. The number of hydrogen-bond donors (Lipinski definition) is 2. The van der Waals surface area contributed by atoms with E-state index in [4.69, 9.17) is 0 Å². The van der Waals surface area contributed by atoms with E-state index >= 15 is 0 Å². The molecule has 0 fully saturated rings. The Morgan fingerprint density at radius 3 is 3.05 bits per heavy atom. The van der Waals surface area contributed by atoms with Gasteiger partial charge in [0.05, 0.1) is 20.2 Å². The number of nitrogens with zero attached hydrogens (tertiary/aromatic N) is 3. The summed E-state index contributed by atoms with van der Waals surface area (Å²) >= 11 is 5.08. The highest BCUT2D eigenvalue weighted by molar-refractivity contribution is 9.10. The lowest BCUT2D eigenvalue weighted by atomic mass is 10.3. The van der Waals surface area contributed by atoms with Crippen molar-refractivity contribution in [2.75, 3.05) is 17.2 Å². The van der Waals surface area contributed by atoms with Crippen LogP contribution in [0.15, 0.2) is 34.4 Å². The normalized spacial score (nSPS) is 10.7. The lowest BCUT2D eigenvalue weighted by Crippen LogP contribution is -2.04. The number of benzene rings is 1. The van der Waals surface area contributed by atoms with Gasteiger partial charge in [0.2, 0.25) is 5.95 Å². The highest BCUT2D eigenvalue weighted by Crippen LogP contribution is 2.27. The molecule has 0 saturated heterocycles. The second kappa shape index (κ2) is 5.72. The van der Waals surface area contributed by atoms with E-state index in [9.17, 15) is 0 Å². The van der Waals surface area contributed by atoms with Crippen LogP contribution in [0.5, 0.6) is 0 Å². The van der Waals surface area contributed by atoms with Crippen molar-refractivity contribution in [2.24, 2.45) is 0 Å². The monoisotopic (exact) mass is 349 g/mol. The molecule has 0 radical (unpaired) electrons. The fourth-order valence-corrected chi connectivity index (χ4v) is 2.77. The van der Waals surface area contributed by atoms with Crippen LogP contribution in [0.3, 0.4) is 0 Å². The predicted octanol–water partition coefficient (Wildman–Crippen LogP) is 4.02. The minimum Gasteiger partial charge on any atom is -0.354 e. The molecule has 0 spiro atoms. The van der Waals surface area contributed by atoms with Crippen molar-refractivity contribution in [3.05, 3.63) is 34.4 Å². The molecular formula is C13H12BrN5S. The van der Waals surface area contributed by atoms with Crippen molar-refractivity contribution in [2.45, 2.75) is 6.92 Å². The van der Waals surface area contributed by atoms with Crippen LogP contribution in [0.4, 0.5) is 17.5 Å². The van der Waals surface area contributed by atoms with E-state index in [0.717, 1.165) is 32.7 Å². The summed E-state index contributed by atoms with van der Waals surface area (Å²) in [6, 6.07) is 6.05. The Bertz CT molecular complexity index is 742. The zero-order valence-corrected chi connectivity index (χ0v) is 13.1. The molecule has 2 heterocycles. The van der Waals surface area contributed by atoms with Crippen LogP contribution in [0, 0.1) is 0 Å². The third-order valence-corrected chi connectivity index (χ3v) is 4.05. The van der Waals surface area contributed by atoms with Crippen molar-refractivity contribution in [3.8, 4) is 0 Å². The summed E-state index contributed by atoms with van der Waals surface area (Å²) in [4.78, 5) is 12.9. The molecule has 0 saturated carbocycles. The molecule has 3 rings (SSSR count). The van der Waals surface area contributed by atoms with E-state index < -0.39 is 0 Å². The summed E-state index contributed by atoms with van der Waals surface area (Å²) in [7, 11) is 0. The molecule has 20 heavy (non-hydrogen) atoms. The van der Waals surface area contributed by atoms with E-state index in [2.05, 4.69) is 47.6 Å². The van der Waals surface area contributed by atoms with Crippen LogP contribution >= 0.6 is 27.3 Å². The van der Waals surface area contributed by atoms with E-state index in [-0.39, 0.29) is 0 Å². The van der Waals surface area contributed by atoms with Crippen LogP contribution in [0.25, 0.3) is 10.2 Å². The minimum atomic E-state index is 0.608. The van der Waals surface area contributed by atoms with Gasteiger partial charge in [0.15, 0.2) is 0 Å². The lowest BCUT2D eigenvalue weighted by Gasteiger charge is -2.09. The molecule has 102 valence electrons. The molecule has 3 aromatic rings. The molecule has 1 aromatic carbocycles. The number of nitrogens with one attached hydrogen (secondary N) is 2. The topological polar surface area (TPSA) is 62.7 Å². The second-order valence-corrected chi connectivity index (χ2v) is 5.82. The third kappa shape index (κ3) is 2.73. The molecular weight excluding hydrogens is 338 g/mol. The summed E-state index contributed by atoms with van der Waals surface area (Å²) in [6.07, 6.45) is 1.73. The van der Waals surface area contributed by atoms with Gasteiger partial charge in [-0.05, 0) is 41.1 Å². The van der Waals surface area contributed by atoms with Gasteiger partial charge in [-0.2, -0.15) is 4.98 Å². The summed E-state index contributed by atoms with van der Waals surface area (Å²) in [5.74, 6) is 1.34. The summed E-state index contributed by atoms with van der Waals surface area (Å²) in [5.41, 5.74) is 3.83. The highest BCUT2D eigenvalue weighted by atomic mass is 79.9. The number of thiazole rings is 1. The molecule has 0 aliphatic carbocycles. The first-order valence-electron chi connectivity index (χ1n) is 6.13. The average Bonchev–Trinajstić information content (AvgIpc) is 2.90. The molecule has 0 bridgehead atoms. The average molecular weight is 350 g/mol. The van der Waals surface area contributed by atoms with Crippen LogP contribution in [0.1, 0.15) is 6.92 Å². The Hall–Kier alpha value is -1.73. The Morgan fingerprint density at radius 2 is 2.20 bits per heavy atom. The van der Waals surface area contributed by atoms with E-state index in [1.807, 2.05) is 24.6 Å². The van der Waals surface area contributed by atoms with Gasteiger partial charge in [-0.25, -0.2) is 9.97 Å². The maximum Gasteiger partial charge on any atom is 0.224 e. The highest BCUT2D eigenvalue weighted by Gasteiger charge is 2.06. The molecule has 0 unspecified atom stereocenters. The van der Waals surface area contributed by atoms with E-state index in [1.165, 1.54) is 0 Å². The summed E-state index contributed by atoms with van der Waals surface area (Å²) in [6.45, 7) is 2.80. The Morgan fingerprint density at radius 1 is 1.30 bits per heavy atom. The molecule has 0 atom stereocenters. The van der Waals surface area contributed by atoms with Crippen LogP contribution in [-0.4, -0.2) is 21.5 Å². The van der Waals surface area contributed by atoms with Gasteiger partial charge in [0.1, 0.15) is 5.82 Å². The first-order valence-corrected chi connectivity index (χ1v) is 7.80. The molecule has 2 aromatic heterocycles. The first kappa shape index (κ1) is 13.3. The van der Waals surface area contributed by atoms with Crippen molar-refractivity contribution in [1.82, 2.24) is 15.0 Å². The molecule has 0 amide bonds. The fraction of sp³-hybridized carbons (Fsp3) is 0.154. The largest absolute Gasteiger partial charge is 0.354 e. The van der Waals surface area contributed by atoms with Crippen LogP contribution in [-0.2, 0) is 0 Å². The Balaban J connectivity index is 1.91. The fourth-order valence-electron chi connectivity index (χ4n) is 1.77. The smallest absolute Gasteiger partial charge is 0.224 e. The number of rotatable bonds is 4. The van der Waals surface area contributed by atoms with E-state index in [0.29, 0.717) is 5.95 Å². The molecule has 2 N–H and O–H groups in total. The van der Waals surface area contributed by atoms with Gasteiger partial charge < -0.3 is 10.6 Å². The summed E-state index contributed by atoms with van der Waals surface area (Å²) in [5, 5.41) is 6.39. The van der Waals surface area contributed by atoms with Gasteiger partial charge in [-0.1, -0.05) is 0 Å². The van der Waals surface area contributed by atoms with Gasteiger partial charge in [0.25, 0.3) is 0 Å². The zero-order chi connectivity index (χ0) is 13.9. The van der Waals surface area contributed by atoms with Crippen molar-refractivity contribution in [3.63, 3.8) is 0 Å². The van der Waals surface area contributed by atoms with Gasteiger partial charge in [-0.15, -0.1) is 11.3 Å². The minimum absolute atomic E-state index is 0.608. The van der Waals surface area contributed by atoms with Crippen molar-refractivity contribution in [1.29, 1.82) is 0 Å². The predicted molar refractivity (Wildman–Crippen MR) is 86.8 cm³/mol. The molecule has 5 nitrogen and oxygen atoms in total. The zero-order valence-electron chi connectivity index (χ0n) is 10.7. The molecule has 0 aliphatic rings. The SMILES string of the molecule is CCNc1ncc(Br)c(Nc2ccc3ncsc3c2)n1. The maximum absolute atomic E-state index is 4.43. The Labute approximate surface area is 128 Å². The number of anilines is 3. The lowest BCUT2D eigenvalue weighted by molar-refractivity contribution is 1.08. The standard InChI is InChI=1S/C13H12BrN5S/c1-2-15-13-16-6-9(14)12(19-13)18-8-3-4-10-11(5-8)20-7-17-10/h3-7H,2H2,1H3,(H2,15,16,18,19). The third-order valence-electron chi connectivity index (χ3n) is 2.67. The summed E-state index contributed by atoms with van der Waals surface area (Å²) < 4.78 is 1.97.